The van der Waals surface area contributed by atoms with E-state index in [1.165, 1.54) is 5.56 Å². The molecule has 2 rings (SSSR count). The minimum atomic E-state index is -0.266. The molecule has 0 saturated carbocycles. The first-order valence-electron chi connectivity index (χ1n) is 7.77. The number of amides is 1. The molecule has 0 aromatic heterocycles. The molecule has 0 radical (unpaired) electrons. The van der Waals surface area contributed by atoms with E-state index in [9.17, 15) is 4.79 Å². The number of aryl methyl sites for hydroxylation is 1. The predicted octanol–water partition coefficient (Wildman–Crippen LogP) is 4.92. The summed E-state index contributed by atoms with van der Waals surface area (Å²) >= 11 is 3.42. The van der Waals surface area contributed by atoms with E-state index in [1.54, 1.807) is 4.90 Å². The smallest absolute Gasteiger partial charge is 0.410 e. The standard InChI is InChI=1S/C19H22BrNO2/c1-16-8-5-6-11-18(16)14-21(13-7-12-20)19(22)23-15-17-9-3-2-4-10-17/h2-6,8-11H,7,12-15H2,1H3. The Balaban J connectivity index is 1.99. The van der Waals surface area contributed by atoms with Gasteiger partial charge in [0.2, 0.25) is 0 Å². The van der Waals surface area contributed by atoms with E-state index in [0.29, 0.717) is 19.7 Å². The van der Waals surface area contributed by atoms with Gasteiger partial charge in [-0.3, -0.25) is 0 Å². The van der Waals surface area contributed by atoms with Gasteiger partial charge < -0.3 is 9.64 Å². The summed E-state index contributed by atoms with van der Waals surface area (Å²) in [6, 6.07) is 17.9. The first-order chi connectivity index (χ1) is 11.2. The number of benzene rings is 2. The lowest BCUT2D eigenvalue weighted by atomic mass is 10.1. The zero-order chi connectivity index (χ0) is 16.5. The lowest BCUT2D eigenvalue weighted by molar-refractivity contribution is 0.0937. The van der Waals surface area contributed by atoms with Crippen LogP contribution in [0.2, 0.25) is 0 Å². The Morgan fingerprint density at radius 3 is 2.48 bits per heavy atom. The third kappa shape index (κ3) is 5.71. The summed E-state index contributed by atoms with van der Waals surface area (Å²) in [6.07, 6.45) is 0.629. The lowest BCUT2D eigenvalue weighted by Crippen LogP contribution is -2.32. The average Bonchev–Trinajstić information content (AvgIpc) is 2.59. The van der Waals surface area contributed by atoms with Crippen molar-refractivity contribution in [3.8, 4) is 0 Å². The molecule has 4 heteroatoms. The fourth-order valence-corrected chi connectivity index (χ4v) is 2.54. The summed E-state index contributed by atoms with van der Waals surface area (Å²) in [5.74, 6) is 0. The molecule has 0 fully saturated rings. The number of halogens is 1. The molecule has 3 nitrogen and oxygen atoms in total. The minimum absolute atomic E-state index is 0.266. The average molecular weight is 376 g/mol. The van der Waals surface area contributed by atoms with Crippen LogP contribution >= 0.6 is 15.9 Å². The summed E-state index contributed by atoms with van der Waals surface area (Å²) in [5, 5.41) is 0.864. The SMILES string of the molecule is Cc1ccccc1CN(CCCBr)C(=O)OCc1ccccc1. The van der Waals surface area contributed by atoms with Crippen molar-refractivity contribution in [3.63, 3.8) is 0 Å². The molecule has 0 spiro atoms. The summed E-state index contributed by atoms with van der Waals surface area (Å²) in [5.41, 5.74) is 3.34. The molecule has 0 aliphatic rings. The largest absolute Gasteiger partial charge is 0.445 e. The maximum Gasteiger partial charge on any atom is 0.410 e. The molecule has 1 amide bonds. The highest BCUT2D eigenvalue weighted by atomic mass is 79.9. The van der Waals surface area contributed by atoms with Crippen LogP contribution in [0.3, 0.4) is 0 Å². The topological polar surface area (TPSA) is 29.5 Å². The van der Waals surface area contributed by atoms with Gasteiger partial charge in [0.15, 0.2) is 0 Å². The van der Waals surface area contributed by atoms with Crippen LogP contribution in [0.4, 0.5) is 4.79 Å². The van der Waals surface area contributed by atoms with E-state index in [0.717, 1.165) is 22.9 Å². The highest BCUT2D eigenvalue weighted by Crippen LogP contribution is 2.13. The second kappa shape index (κ2) is 9.36. The van der Waals surface area contributed by atoms with Gasteiger partial charge in [-0.2, -0.15) is 0 Å². The first kappa shape index (κ1) is 17.5. The van der Waals surface area contributed by atoms with Gasteiger partial charge >= 0.3 is 6.09 Å². The van der Waals surface area contributed by atoms with Crippen molar-refractivity contribution in [3.05, 3.63) is 71.3 Å². The number of carbonyl (C=O) groups excluding carboxylic acids is 1. The minimum Gasteiger partial charge on any atom is -0.445 e. The third-order valence-corrected chi connectivity index (χ3v) is 4.21. The normalized spacial score (nSPS) is 10.3. The van der Waals surface area contributed by atoms with Crippen LogP contribution < -0.4 is 0 Å². The fraction of sp³-hybridized carbons (Fsp3) is 0.316. The van der Waals surface area contributed by atoms with Crippen LogP contribution in [0.1, 0.15) is 23.1 Å². The number of ether oxygens (including phenoxy) is 1. The quantitative estimate of drug-likeness (QED) is 0.642. The maximum atomic E-state index is 12.4. The molecular weight excluding hydrogens is 354 g/mol. The van der Waals surface area contributed by atoms with E-state index in [-0.39, 0.29) is 6.09 Å². The molecule has 2 aromatic rings. The Kier molecular flexibility index (Phi) is 7.14. The summed E-state index contributed by atoms with van der Waals surface area (Å²) in [7, 11) is 0. The fourth-order valence-electron chi connectivity index (χ4n) is 2.29. The molecule has 0 aliphatic carbocycles. The zero-order valence-electron chi connectivity index (χ0n) is 13.4. The second-order valence-electron chi connectivity index (χ2n) is 5.43. The van der Waals surface area contributed by atoms with Gasteiger partial charge in [0, 0.05) is 18.4 Å². The third-order valence-electron chi connectivity index (χ3n) is 3.65. The van der Waals surface area contributed by atoms with Crippen molar-refractivity contribution in [1.82, 2.24) is 4.90 Å². The number of rotatable bonds is 7. The molecule has 0 bridgehead atoms. The Morgan fingerprint density at radius 1 is 1.09 bits per heavy atom. The van der Waals surface area contributed by atoms with Crippen LogP contribution in [0, 0.1) is 6.92 Å². The second-order valence-corrected chi connectivity index (χ2v) is 6.22. The van der Waals surface area contributed by atoms with E-state index >= 15 is 0 Å². The molecule has 2 aromatic carbocycles. The van der Waals surface area contributed by atoms with Crippen molar-refractivity contribution in [2.45, 2.75) is 26.5 Å². The number of alkyl halides is 1. The Labute approximate surface area is 146 Å². The van der Waals surface area contributed by atoms with Gasteiger partial charge in [0.1, 0.15) is 6.61 Å². The number of nitrogens with zero attached hydrogens (tertiary/aromatic N) is 1. The number of hydrogen-bond donors (Lipinski definition) is 0. The van der Waals surface area contributed by atoms with Gasteiger partial charge in [0.05, 0.1) is 0 Å². The molecule has 0 N–H and O–H groups in total. The maximum absolute atomic E-state index is 12.4. The Morgan fingerprint density at radius 2 is 1.78 bits per heavy atom. The van der Waals surface area contributed by atoms with Crippen molar-refractivity contribution >= 4 is 22.0 Å². The van der Waals surface area contributed by atoms with Crippen LogP contribution in [0.25, 0.3) is 0 Å². The van der Waals surface area contributed by atoms with Crippen molar-refractivity contribution in [1.29, 1.82) is 0 Å². The van der Waals surface area contributed by atoms with E-state index < -0.39 is 0 Å². The summed E-state index contributed by atoms with van der Waals surface area (Å²) in [6.45, 7) is 3.62. The Bertz CT molecular complexity index is 616. The van der Waals surface area contributed by atoms with E-state index in [2.05, 4.69) is 35.0 Å². The molecule has 0 atom stereocenters. The summed E-state index contributed by atoms with van der Waals surface area (Å²) in [4.78, 5) is 14.2. The van der Waals surface area contributed by atoms with Gasteiger partial charge in [-0.25, -0.2) is 4.79 Å². The number of carbonyl (C=O) groups is 1. The monoisotopic (exact) mass is 375 g/mol. The van der Waals surface area contributed by atoms with Crippen LogP contribution in [-0.4, -0.2) is 22.9 Å². The molecule has 0 unspecified atom stereocenters. The highest BCUT2D eigenvalue weighted by Gasteiger charge is 2.16. The van der Waals surface area contributed by atoms with Gasteiger partial charge in [-0.15, -0.1) is 0 Å². The van der Waals surface area contributed by atoms with Crippen LogP contribution in [-0.2, 0) is 17.9 Å². The van der Waals surface area contributed by atoms with Gasteiger partial charge in [0.25, 0.3) is 0 Å². The highest BCUT2D eigenvalue weighted by molar-refractivity contribution is 9.09. The molecule has 23 heavy (non-hydrogen) atoms. The lowest BCUT2D eigenvalue weighted by Gasteiger charge is -2.23. The Hall–Kier alpha value is -1.81. The first-order valence-corrected chi connectivity index (χ1v) is 8.89. The zero-order valence-corrected chi connectivity index (χ0v) is 15.0. The van der Waals surface area contributed by atoms with E-state index in [1.807, 2.05) is 42.5 Å². The predicted molar refractivity (Wildman–Crippen MR) is 96.6 cm³/mol. The van der Waals surface area contributed by atoms with E-state index in [4.69, 9.17) is 4.74 Å². The molecular formula is C19H22BrNO2. The molecule has 0 aliphatic heterocycles. The van der Waals surface area contributed by atoms with Gasteiger partial charge in [-0.05, 0) is 30.0 Å². The molecule has 0 saturated heterocycles. The molecule has 0 heterocycles. The van der Waals surface area contributed by atoms with Crippen molar-refractivity contribution < 1.29 is 9.53 Å². The number of hydrogen-bond acceptors (Lipinski definition) is 2. The van der Waals surface area contributed by atoms with Gasteiger partial charge in [-0.1, -0.05) is 70.5 Å². The summed E-state index contributed by atoms with van der Waals surface area (Å²) < 4.78 is 5.47. The van der Waals surface area contributed by atoms with Crippen LogP contribution in [0.15, 0.2) is 54.6 Å². The molecule has 122 valence electrons. The van der Waals surface area contributed by atoms with Crippen molar-refractivity contribution in [2.24, 2.45) is 0 Å². The van der Waals surface area contributed by atoms with Crippen molar-refractivity contribution in [2.75, 3.05) is 11.9 Å². The van der Waals surface area contributed by atoms with Crippen LogP contribution in [0.5, 0.6) is 0 Å².